The SMILES string of the molecule is COP(=O)(OC)C(=N)c1ccccc1. The molecule has 0 aliphatic heterocycles. The second kappa shape index (κ2) is 4.51. The highest BCUT2D eigenvalue weighted by Crippen LogP contribution is 2.49. The Bertz CT molecular complexity index is 356. The van der Waals surface area contributed by atoms with Crippen molar-refractivity contribution in [2.75, 3.05) is 14.2 Å². The Labute approximate surface area is 82.9 Å². The monoisotopic (exact) mass is 213 g/mol. The summed E-state index contributed by atoms with van der Waals surface area (Å²) < 4.78 is 21.2. The average Bonchev–Trinajstić information content (AvgIpc) is 2.28. The van der Waals surface area contributed by atoms with Gasteiger partial charge in [0.15, 0.2) is 5.45 Å². The second-order valence-corrected chi connectivity index (χ2v) is 4.75. The highest BCUT2D eigenvalue weighted by Gasteiger charge is 2.28. The number of hydrogen-bond donors (Lipinski definition) is 1. The van der Waals surface area contributed by atoms with E-state index in [2.05, 4.69) is 0 Å². The Morgan fingerprint density at radius 1 is 1.21 bits per heavy atom. The van der Waals surface area contributed by atoms with Crippen molar-refractivity contribution in [2.24, 2.45) is 0 Å². The summed E-state index contributed by atoms with van der Waals surface area (Å²) in [5.74, 6) is 0. The molecule has 1 aromatic carbocycles. The fraction of sp³-hybridized carbons (Fsp3) is 0.222. The van der Waals surface area contributed by atoms with E-state index in [1.165, 1.54) is 14.2 Å². The van der Waals surface area contributed by atoms with Crippen molar-refractivity contribution in [2.45, 2.75) is 0 Å². The van der Waals surface area contributed by atoms with Gasteiger partial charge in [-0.15, -0.1) is 0 Å². The maximum absolute atomic E-state index is 11.8. The summed E-state index contributed by atoms with van der Waals surface area (Å²) in [6.07, 6.45) is 0. The van der Waals surface area contributed by atoms with Crippen LogP contribution in [-0.2, 0) is 13.6 Å². The number of rotatable bonds is 4. The van der Waals surface area contributed by atoms with E-state index >= 15 is 0 Å². The molecule has 4 nitrogen and oxygen atoms in total. The molecule has 5 heteroatoms. The lowest BCUT2D eigenvalue weighted by molar-refractivity contribution is 0.290. The zero-order chi connectivity index (χ0) is 10.6. The zero-order valence-electron chi connectivity index (χ0n) is 8.06. The van der Waals surface area contributed by atoms with Gasteiger partial charge in [0, 0.05) is 19.8 Å². The van der Waals surface area contributed by atoms with Gasteiger partial charge in [-0.1, -0.05) is 30.3 Å². The number of benzene rings is 1. The quantitative estimate of drug-likeness (QED) is 0.617. The van der Waals surface area contributed by atoms with Gasteiger partial charge in [-0.05, 0) is 0 Å². The highest BCUT2D eigenvalue weighted by atomic mass is 31.2. The van der Waals surface area contributed by atoms with Crippen molar-refractivity contribution in [1.82, 2.24) is 0 Å². The van der Waals surface area contributed by atoms with Gasteiger partial charge in [0.05, 0.1) is 0 Å². The number of hydrogen-bond acceptors (Lipinski definition) is 4. The van der Waals surface area contributed by atoms with Crippen LogP contribution in [0, 0.1) is 5.41 Å². The van der Waals surface area contributed by atoms with E-state index in [0.717, 1.165) is 0 Å². The van der Waals surface area contributed by atoms with Gasteiger partial charge >= 0.3 is 7.60 Å². The normalized spacial score (nSPS) is 11.3. The van der Waals surface area contributed by atoms with Crippen LogP contribution in [0.3, 0.4) is 0 Å². The lowest BCUT2D eigenvalue weighted by atomic mass is 10.2. The number of nitrogens with one attached hydrogen (secondary N) is 1. The zero-order valence-corrected chi connectivity index (χ0v) is 8.95. The minimum absolute atomic E-state index is 0.122. The summed E-state index contributed by atoms with van der Waals surface area (Å²) in [6, 6.07) is 8.72. The highest BCUT2D eigenvalue weighted by molar-refractivity contribution is 7.72. The van der Waals surface area contributed by atoms with Gasteiger partial charge in [-0.3, -0.25) is 9.97 Å². The van der Waals surface area contributed by atoms with Crippen LogP contribution in [0.2, 0.25) is 0 Å². The van der Waals surface area contributed by atoms with E-state index in [4.69, 9.17) is 14.5 Å². The Balaban J connectivity index is 3.02. The van der Waals surface area contributed by atoms with Gasteiger partial charge in [0.1, 0.15) is 0 Å². The summed E-state index contributed by atoms with van der Waals surface area (Å²) in [4.78, 5) is 0. The van der Waals surface area contributed by atoms with Gasteiger partial charge in [0.2, 0.25) is 0 Å². The summed E-state index contributed by atoms with van der Waals surface area (Å²) in [7, 11) is -0.879. The summed E-state index contributed by atoms with van der Waals surface area (Å²) >= 11 is 0. The molecule has 1 rings (SSSR count). The molecule has 0 radical (unpaired) electrons. The Kier molecular flexibility index (Phi) is 3.58. The van der Waals surface area contributed by atoms with E-state index in [1.807, 2.05) is 6.07 Å². The van der Waals surface area contributed by atoms with Crippen molar-refractivity contribution < 1.29 is 13.6 Å². The minimum atomic E-state index is -3.41. The summed E-state index contributed by atoms with van der Waals surface area (Å²) in [5.41, 5.74) is 0.419. The molecule has 0 unspecified atom stereocenters. The molecule has 0 aliphatic rings. The van der Waals surface area contributed by atoms with Crippen LogP contribution in [0.15, 0.2) is 30.3 Å². The van der Waals surface area contributed by atoms with Crippen LogP contribution in [0.5, 0.6) is 0 Å². The molecule has 0 atom stereocenters. The third kappa shape index (κ3) is 2.10. The topological polar surface area (TPSA) is 59.4 Å². The maximum atomic E-state index is 11.8. The lowest BCUT2D eigenvalue weighted by Gasteiger charge is -2.14. The largest absolute Gasteiger partial charge is 0.378 e. The molecule has 0 bridgehead atoms. The Hall–Kier alpha value is -0.960. The standard InChI is InChI=1S/C9H12NO3P/c1-12-14(11,13-2)9(10)8-6-4-3-5-7-8/h3-7,10H,1-2H3. The molecule has 1 N–H and O–H groups in total. The molecule has 0 saturated heterocycles. The third-order valence-corrected chi connectivity index (χ3v) is 3.57. The van der Waals surface area contributed by atoms with E-state index < -0.39 is 7.60 Å². The molecular formula is C9H12NO3P. The summed E-state index contributed by atoms with van der Waals surface area (Å²) in [6.45, 7) is 0. The van der Waals surface area contributed by atoms with Crippen LogP contribution >= 0.6 is 7.60 Å². The van der Waals surface area contributed by atoms with Gasteiger partial charge < -0.3 is 9.05 Å². The van der Waals surface area contributed by atoms with E-state index in [9.17, 15) is 4.57 Å². The summed E-state index contributed by atoms with van der Waals surface area (Å²) in [5, 5.41) is 7.67. The van der Waals surface area contributed by atoms with Crippen molar-refractivity contribution in [1.29, 1.82) is 5.41 Å². The maximum Gasteiger partial charge on any atom is 0.378 e. The molecular weight excluding hydrogens is 201 g/mol. The van der Waals surface area contributed by atoms with Crippen LogP contribution in [0.25, 0.3) is 0 Å². The minimum Gasteiger partial charge on any atom is -0.308 e. The smallest absolute Gasteiger partial charge is 0.308 e. The first-order chi connectivity index (χ1) is 6.64. The van der Waals surface area contributed by atoms with Crippen LogP contribution in [0.4, 0.5) is 0 Å². The molecule has 0 spiro atoms. The predicted molar refractivity (Wildman–Crippen MR) is 54.9 cm³/mol. The van der Waals surface area contributed by atoms with Gasteiger partial charge in [0.25, 0.3) is 0 Å². The molecule has 0 saturated carbocycles. The fourth-order valence-corrected chi connectivity index (χ4v) is 1.99. The first-order valence-electron chi connectivity index (χ1n) is 4.00. The fourth-order valence-electron chi connectivity index (χ4n) is 1.01. The van der Waals surface area contributed by atoms with E-state index in [0.29, 0.717) is 5.56 Å². The van der Waals surface area contributed by atoms with Gasteiger partial charge in [-0.2, -0.15) is 0 Å². The molecule has 76 valence electrons. The third-order valence-electron chi connectivity index (χ3n) is 1.80. The van der Waals surface area contributed by atoms with Crippen LogP contribution in [0.1, 0.15) is 5.56 Å². The first-order valence-corrected chi connectivity index (χ1v) is 5.54. The first kappa shape index (κ1) is 11.1. The Morgan fingerprint density at radius 3 is 2.14 bits per heavy atom. The lowest BCUT2D eigenvalue weighted by Crippen LogP contribution is -2.03. The van der Waals surface area contributed by atoms with Crippen LogP contribution < -0.4 is 0 Å². The van der Waals surface area contributed by atoms with E-state index in [-0.39, 0.29) is 5.45 Å². The molecule has 1 aromatic rings. The van der Waals surface area contributed by atoms with Crippen molar-refractivity contribution in [3.05, 3.63) is 35.9 Å². The molecule has 0 amide bonds. The van der Waals surface area contributed by atoms with Gasteiger partial charge in [-0.25, -0.2) is 0 Å². The van der Waals surface area contributed by atoms with Crippen molar-refractivity contribution >= 4 is 13.0 Å². The van der Waals surface area contributed by atoms with E-state index in [1.54, 1.807) is 24.3 Å². The predicted octanol–water partition coefficient (Wildman–Crippen LogP) is 2.50. The molecule has 0 aliphatic carbocycles. The Morgan fingerprint density at radius 2 is 1.71 bits per heavy atom. The molecule has 0 heterocycles. The van der Waals surface area contributed by atoms with Crippen LogP contribution in [-0.4, -0.2) is 19.7 Å². The molecule has 0 aromatic heterocycles. The van der Waals surface area contributed by atoms with Crippen molar-refractivity contribution in [3.8, 4) is 0 Å². The average molecular weight is 213 g/mol. The van der Waals surface area contributed by atoms with Crippen molar-refractivity contribution in [3.63, 3.8) is 0 Å². The molecule has 14 heavy (non-hydrogen) atoms. The second-order valence-electron chi connectivity index (χ2n) is 2.58. The molecule has 0 fully saturated rings.